The Morgan fingerprint density at radius 3 is 1.98 bits per heavy atom. The average Bonchev–Trinajstić information content (AvgIpc) is 3.55. The Morgan fingerprint density at radius 1 is 0.726 bits per heavy atom. The highest BCUT2D eigenvalue weighted by atomic mass is 16.7. The van der Waals surface area contributed by atoms with Crippen molar-refractivity contribution in [3.05, 3.63) is 131 Å². The lowest BCUT2D eigenvalue weighted by Gasteiger charge is -2.41. The van der Waals surface area contributed by atoms with Crippen molar-refractivity contribution in [2.45, 2.75) is 181 Å². The summed E-state index contributed by atoms with van der Waals surface area (Å²) in [5, 5.41) is 3.26. The van der Waals surface area contributed by atoms with E-state index in [-0.39, 0.29) is 72.7 Å². The van der Waals surface area contributed by atoms with Gasteiger partial charge in [0.1, 0.15) is 12.7 Å². The van der Waals surface area contributed by atoms with E-state index < -0.39 is 66.7 Å². The molecule has 2 aliphatic heterocycles. The van der Waals surface area contributed by atoms with E-state index in [0.29, 0.717) is 39.0 Å². The number of likely N-dealkylation sites (N-methyl/N-ethyl adjacent to an activating group) is 2. The largest absolute Gasteiger partial charge is 0.448 e. The molecule has 2 unspecified atom stereocenters. The molecule has 0 aromatic heterocycles. The van der Waals surface area contributed by atoms with Crippen LogP contribution in [0.1, 0.15) is 147 Å². The second-order valence-corrected chi connectivity index (χ2v) is 24.6. The van der Waals surface area contributed by atoms with Gasteiger partial charge in [0.15, 0.2) is 12.1 Å². The van der Waals surface area contributed by atoms with Gasteiger partial charge in [-0.3, -0.25) is 19.2 Å². The minimum atomic E-state index is -0.840. The second-order valence-electron chi connectivity index (χ2n) is 24.6. The SMILES string of the molecule is CC[C@H](C)[C@@H]([C@@H](CC(=O)N1CCC[C@H]1[C@H](OC)[C@@H](C)C(=O)N[C@H](C)[C@@H](OC1CCCC(COCc2ccc(C)cc2)O1)c1ccccc1)OC)N(C)C(=O)[C@@H](CC(=O)[C@H](C(C)C)N(C)C(=O)OCC1c2ccccc2-c2ccccc21)C(C)C. The number of ketones is 1. The molecule has 15 nitrogen and oxygen atoms in total. The van der Waals surface area contributed by atoms with Crippen molar-refractivity contribution in [1.29, 1.82) is 0 Å². The Bertz CT molecular complexity index is 2730. The Labute approximate surface area is 500 Å². The smallest absolute Gasteiger partial charge is 0.410 e. The molecule has 0 radical (unpaired) electrons. The van der Waals surface area contributed by atoms with Crippen LogP contribution in [0.4, 0.5) is 4.79 Å². The molecule has 0 saturated carbocycles. The Balaban J connectivity index is 0.968. The van der Waals surface area contributed by atoms with E-state index in [0.717, 1.165) is 52.6 Å². The van der Waals surface area contributed by atoms with Crippen LogP contribution in [0.25, 0.3) is 11.1 Å². The zero-order chi connectivity index (χ0) is 60.8. The molecule has 1 N–H and O–H groups in total. The number of amides is 4. The minimum absolute atomic E-state index is 0.0155. The van der Waals surface area contributed by atoms with Crippen LogP contribution < -0.4 is 5.32 Å². The number of benzene rings is 4. The summed E-state index contributed by atoms with van der Waals surface area (Å²) in [7, 11) is 6.50. The molecule has 4 amide bonds. The van der Waals surface area contributed by atoms with E-state index in [4.69, 9.17) is 28.4 Å². The number of methoxy groups -OCH3 is 2. The second kappa shape index (κ2) is 30.9. The van der Waals surface area contributed by atoms with E-state index in [1.807, 2.05) is 108 Å². The lowest BCUT2D eigenvalue weighted by Crippen LogP contribution is -2.55. The Kier molecular flexibility index (Phi) is 24.1. The van der Waals surface area contributed by atoms with Crippen molar-refractivity contribution in [1.82, 2.24) is 20.0 Å². The number of ether oxygens (including phenoxy) is 6. The standard InChI is InChI=1S/C69H96N4O11/c1-14-46(7)64(71(10)68(77)56(43(2)3)38-59(74)63(44(4)5)72(11)69(78)82-42-57-54-29-20-18-27-52(54)53-28-19-21-30-55(53)57)60(79-12)39-61(75)73-37-23-31-58(73)65(80-13)47(8)67(76)70-48(9)66(50-24-16-15-17-25-50)84-62-32-22-26-51(83-62)41-81-40-49-35-33-45(6)34-36-49/h15-21,24-25,27-30,33-36,43-44,46-48,51,56-58,60,62-66H,14,22-23,26,31-32,37-42H2,1-13H3,(H,70,76)/t46-,47+,48+,51?,56-,58-,60+,62?,63-,64-,65+,66+/m0/s1. The first-order valence-corrected chi connectivity index (χ1v) is 30.8. The van der Waals surface area contributed by atoms with E-state index in [1.165, 1.54) is 10.5 Å². The highest BCUT2D eigenvalue weighted by Crippen LogP contribution is 2.45. The van der Waals surface area contributed by atoms with Crippen molar-refractivity contribution in [3.63, 3.8) is 0 Å². The third-order valence-electron chi connectivity index (χ3n) is 18.1. The maximum atomic E-state index is 15.0. The molecule has 3 aliphatic rings. The Morgan fingerprint density at radius 2 is 1.37 bits per heavy atom. The maximum absolute atomic E-state index is 15.0. The van der Waals surface area contributed by atoms with Crippen LogP contribution in [0.2, 0.25) is 0 Å². The average molecular weight is 1160 g/mol. The van der Waals surface area contributed by atoms with Gasteiger partial charge in [-0.25, -0.2) is 4.79 Å². The molecule has 2 fully saturated rings. The number of carbonyl (C=O) groups excluding carboxylic acids is 5. The number of hydrogen-bond donors (Lipinski definition) is 1. The summed E-state index contributed by atoms with van der Waals surface area (Å²) in [4.78, 5) is 77.5. The van der Waals surface area contributed by atoms with E-state index in [1.54, 1.807) is 33.2 Å². The number of Topliss-reactive ketones (excluding diaryl/α,β-unsaturated/α-hetero) is 1. The van der Waals surface area contributed by atoms with Gasteiger partial charge in [-0.05, 0) is 97.1 Å². The van der Waals surface area contributed by atoms with Gasteiger partial charge in [-0.2, -0.15) is 0 Å². The molecule has 0 spiro atoms. The van der Waals surface area contributed by atoms with Crippen LogP contribution in [-0.2, 0) is 54.2 Å². The monoisotopic (exact) mass is 1160 g/mol. The summed E-state index contributed by atoms with van der Waals surface area (Å²) < 4.78 is 37.7. The summed E-state index contributed by atoms with van der Waals surface area (Å²) in [6, 6.07) is 32.3. The van der Waals surface area contributed by atoms with Crippen LogP contribution in [0.5, 0.6) is 0 Å². The molecule has 0 bridgehead atoms. The highest BCUT2D eigenvalue weighted by molar-refractivity contribution is 5.92. The van der Waals surface area contributed by atoms with Crippen molar-refractivity contribution in [2.24, 2.45) is 29.6 Å². The van der Waals surface area contributed by atoms with Crippen LogP contribution in [-0.4, -0.2) is 141 Å². The first-order chi connectivity index (χ1) is 40.3. The molecule has 15 heteroatoms. The molecule has 4 aromatic rings. The van der Waals surface area contributed by atoms with E-state index in [9.17, 15) is 24.0 Å². The summed E-state index contributed by atoms with van der Waals surface area (Å²) in [6.45, 7) is 19.2. The van der Waals surface area contributed by atoms with Gasteiger partial charge in [0.25, 0.3) is 0 Å². The molecule has 12 atom stereocenters. The van der Waals surface area contributed by atoms with Crippen LogP contribution >= 0.6 is 0 Å². The van der Waals surface area contributed by atoms with Crippen LogP contribution in [0.15, 0.2) is 103 Å². The van der Waals surface area contributed by atoms with Gasteiger partial charge in [0, 0.05) is 53.1 Å². The molecule has 2 heterocycles. The van der Waals surface area contributed by atoms with Gasteiger partial charge in [-0.1, -0.05) is 164 Å². The molecule has 7 rings (SSSR count). The summed E-state index contributed by atoms with van der Waals surface area (Å²) in [5.74, 6) is -2.93. The van der Waals surface area contributed by atoms with Crippen molar-refractivity contribution in [2.75, 3.05) is 48.1 Å². The van der Waals surface area contributed by atoms with Gasteiger partial charge in [0.2, 0.25) is 17.7 Å². The molecule has 84 heavy (non-hydrogen) atoms. The predicted molar refractivity (Wildman–Crippen MR) is 327 cm³/mol. The van der Waals surface area contributed by atoms with E-state index >= 15 is 0 Å². The third-order valence-corrected chi connectivity index (χ3v) is 18.1. The molecule has 1 aliphatic carbocycles. The van der Waals surface area contributed by atoms with Gasteiger partial charge in [-0.15, -0.1) is 0 Å². The lowest BCUT2D eigenvalue weighted by molar-refractivity contribution is -0.229. The zero-order valence-corrected chi connectivity index (χ0v) is 52.3. The minimum Gasteiger partial charge on any atom is -0.448 e. The molecular weight excluding hydrogens is 1060 g/mol. The topological polar surface area (TPSA) is 162 Å². The molecule has 458 valence electrons. The zero-order valence-electron chi connectivity index (χ0n) is 52.3. The molecule has 4 aromatic carbocycles. The highest BCUT2D eigenvalue weighted by Gasteiger charge is 2.44. The van der Waals surface area contributed by atoms with Crippen molar-refractivity contribution >= 4 is 29.6 Å². The predicted octanol–water partition coefficient (Wildman–Crippen LogP) is 11.7. The number of nitrogens with zero attached hydrogens (tertiary/aromatic N) is 3. The first-order valence-electron chi connectivity index (χ1n) is 30.8. The number of nitrogens with one attached hydrogen (secondary N) is 1. The first kappa shape index (κ1) is 65.6. The number of carbonyl (C=O) groups is 5. The summed E-state index contributed by atoms with van der Waals surface area (Å²) >= 11 is 0. The number of rotatable bonds is 29. The van der Waals surface area contributed by atoms with Crippen LogP contribution in [0, 0.1) is 36.5 Å². The van der Waals surface area contributed by atoms with Gasteiger partial charge < -0.3 is 48.4 Å². The molecule has 2 saturated heterocycles. The van der Waals surface area contributed by atoms with Gasteiger partial charge >= 0.3 is 6.09 Å². The van der Waals surface area contributed by atoms with Crippen molar-refractivity contribution in [3.8, 4) is 11.1 Å². The fraction of sp³-hybridized carbons (Fsp3) is 0.580. The number of fused-ring (bicyclic) bond motifs is 3. The lowest BCUT2D eigenvalue weighted by atomic mass is 9.83. The third kappa shape index (κ3) is 16.1. The van der Waals surface area contributed by atoms with E-state index in [2.05, 4.69) is 67.7 Å². The molecular formula is C69H96N4O11. The summed E-state index contributed by atoms with van der Waals surface area (Å²) in [5.41, 5.74) is 7.66. The maximum Gasteiger partial charge on any atom is 0.410 e. The van der Waals surface area contributed by atoms with Crippen molar-refractivity contribution < 1.29 is 52.4 Å². The normalized spacial score (nSPS) is 20.2. The fourth-order valence-corrected chi connectivity index (χ4v) is 13.2. The fourth-order valence-electron chi connectivity index (χ4n) is 13.2. The quantitative estimate of drug-likeness (QED) is 0.0551. The number of hydrogen-bond acceptors (Lipinski definition) is 11. The van der Waals surface area contributed by atoms with Gasteiger partial charge in [0.05, 0.1) is 68.0 Å². The number of aryl methyl sites for hydroxylation is 1. The van der Waals surface area contributed by atoms with Crippen LogP contribution in [0.3, 0.4) is 0 Å². The summed E-state index contributed by atoms with van der Waals surface area (Å²) in [6.07, 6.45) is 1.41. The Hall–Kier alpha value is -5.97. The number of likely N-dealkylation sites (tertiary alicyclic amines) is 1.